The molecule has 3 aromatic heterocycles. The van der Waals surface area contributed by atoms with Crippen LogP contribution in [-0.2, 0) is 0 Å². The van der Waals surface area contributed by atoms with Crippen molar-refractivity contribution in [2.24, 2.45) is 0 Å². The fourth-order valence-electron chi connectivity index (χ4n) is 3.75. The number of anilines is 1. The molecule has 2 atom stereocenters. The highest BCUT2D eigenvalue weighted by atomic mass is 19.1. The summed E-state index contributed by atoms with van der Waals surface area (Å²) in [6, 6.07) is 8.05. The van der Waals surface area contributed by atoms with Gasteiger partial charge in [0.1, 0.15) is 6.17 Å². The first kappa shape index (κ1) is 15.3. The number of nitrogens with two attached hydrogens (primary N) is 1. The minimum Gasteiger partial charge on any atom is -0.381 e. The summed E-state index contributed by atoms with van der Waals surface area (Å²) >= 11 is 0. The first-order valence-corrected chi connectivity index (χ1v) is 8.77. The third-order valence-electron chi connectivity index (χ3n) is 5.13. The van der Waals surface area contributed by atoms with E-state index in [1.165, 1.54) is 0 Å². The highest BCUT2D eigenvalue weighted by Crippen LogP contribution is 2.30. The predicted molar refractivity (Wildman–Crippen MR) is 99.8 cm³/mol. The molecule has 7 heteroatoms. The summed E-state index contributed by atoms with van der Waals surface area (Å²) in [4.78, 5) is 12.3. The molecular formula is C19H19FN6. The zero-order valence-corrected chi connectivity index (χ0v) is 14.1. The molecule has 1 fully saturated rings. The molecule has 1 aromatic carbocycles. The van der Waals surface area contributed by atoms with E-state index in [1.807, 2.05) is 47.3 Å². The normalized spacial score (nSPS) is 20.8. The number of nitrogen functional groups attached to an aromatic ring is 1. The number of para-hydroxylation sites is 1. The van der Waals surface area contributed by atoms with E-state index >= 15 is 0 Å². The second-order valence-electron chi connectivity index (χ2n) is 6.77. The van der Waals surface area contributed by atoms with Crippen molar-refractivity contribution >= 4 is 22.4 Å². The first-order chi connectivity index (χ1) is 12.7. The Hall–Kier alpha value is -2.93. The van der Waals surface area contributed by atoms with Crippen LogP contribution in [0.5, 0.6) is 0 Å². The van der Waals surface area contributed by atoms with Crippen molar-refractivity contribution in [2.45, 2.75) is 18.5 Å². The molecule has 0 bridgehead atoms. The van der Waals surface area contributed by atoms with Crippen LogP contribution in [0, 0.1) is 0 Å². The lowest BCUT2D eigenvalue weighted by molar-refractivity contribution is 0.225. The highest BCUT2D eigenvalue weighted by molar-refractivity contribution is 5.94. The second kappa shape index (κ2) is 5.81. The first-order valence-electron chi connectivity index (χ1n) is 8.77. The molecule has 4 heterocycles. The number of imidazole rings is 1. The molecule has 26 heavy (non-hydrogen) atoms. The Morgan fingerprint density at radius 1 is 1.19 bits per heavy atom. The van der Waals surface area contributed by atoms with Gasteiger partial charge in [-0.3, -0.25) is 0 Å². The molecule has 4 aromatic rings. The molecule has 0 radical (unpaired) electrons. The lowest BCUT2D eigenvalue weighted by Gasteiger charge is -2.25. The van der Waals surface area contributed by atoms with Gasteiger partial charge in [0.2, 0.25) is 0 Å². The molecule has 5 rings (SSSR count). The SMILES string of the molecule is Nc1nc(-c2c[nH]c3ccccc23)cn2cc([C@@H]3CNCC[C@@H]3F)nc12. The number of hydrogen-bond acceptors (Lipinski definition) is 4. The van der Waals surface area contributed by atoms with E-state index in [9.17, 15) is 4.39 Å². The van der Waals surface area contributed by atoms with E-state index in [2.05, 4.69) is 20.3 Å². The smallest absolute Gasteiger partial charge is 0.180 e. The van der Waals surface area contributed by atoms with Gasteiger partial charge in [0, 0.05) is 47.5 Å². The molecule has 1 saturated heterocycles. The molecule has 6 nitrogen and oxygen atoms in total. The number of halogens is 1. The van der Waals surface area contributed by atoms with Gasteiger partial charge in [0.25, 0.3) is 0 Å². The maximum absolute atomic E-state index is 14.3. The average molecular weight is 350 g/mol. The molecular weight excluding hydrogens is 331 g/mol. The molecule has 0 saturated carbocycles. The lowest BCUT2D eigenvalue weighted by Crippen LogP contribution is -2.36. The van der Waals surface area contributed by atoms with Crippen molar-refractivity contribution < 1.29 is 4.39 Å². The largest absolute Gasteiger partial charge is 0.381 e. The molecule has 0 spiro atoms. The number of rotatable bonds is 2. The van der Waals surface area contributed by atoms with Crippen LogP contribution in [0.3, 0.4) is 0 Å². The van der Waals surface area contributed by atoms with E-state index in [4.69, 9.17) is 5.73 Å². The minimum absolute atomic E-state index is 0.250. The van der Waals surface area contributed by atoms with Crippen molar-refractivity contribution in [3.8, 4) is 11.3 Å². The number of H-pyrrole nitrogens is 1. The fraction of sp³-hybridized carbons (Fsp3) is 0.263. The number of alkyl halides is 1. The Morgan fingerprint density at radius 2 is 2.08 bits per heavy atom. The van der Waals surface area contributed by atoms with Gasteiger partial charge in [-0.25, -0.2) is 14.4 Å². The standard InChI is InChI=1S/C19H19FN6/c20-14-5-6-22-7-13(14)17-10-26-9-16(24-18(21)19(26)25-17)12-8-23-15-4-2-1-3-11(12)15/h1-4,8-10,13-14,22-23H,5-7H2,(H2,21,24)/t13-,14+/m1/s1. The maximum Gasteiger partial charge on any atom is 0.180 e. The van der Waals surface area contributed by atoms with Crippen molar-refractivity contribution in [1.82, 2.24) is 24.7 Å². The fourth-order valence-corrected chi connectivity index (χ4v) is 3.75. The van der Waals surface area contributed by atoms with Gasteiger partial charge >= 0.3 is 0 Å². The minimum atomic E-state index is -0.886. The van der Waals surface area contributed by atoms with Crippen LogP contribution in [-0.4, -0.2) is 38.6 Å². The van der Waals surface area contributed by atoms with E-state index < -0.39 is 6.17 Å². The summed E-state index contributed by atoms with van der Waals surface area (Å²) in [7, 11) is 0. The second-order valence-corrected chi connectivity index (χ2v) is 6.77. The highest BCUT2D eigenvalue weighted by Gasteiger charge is 2.28. The van der Waals surface area contributed by atoms with Crippen LogP contribution in [0.15, 0.2) is 42.9 Å². The van der Waals surface area contributed by atoms with Gasteiger partial charge in [0.15, 0.2) is 11.5 Å². The number of piperidine rings is 1. The van der Waals surface area contributed by atoms with Gasteiger partial charge in [0.05, 0.1) is 11.4 Å². The molecule has 1 aliphatic heterocycles. The Bertz CT molecular complexity index is 1100. The Balaban J connectivity index is 1.62. The van der Waals surface area contributed by atoms with Crippen LogP contribution in [0.1, 0.15) is 18.0 Å². The van der Waals surface area contributed by atoms with Crippen molar-refractivity contribution in [3.63, 3.8) is 0 Å². The van der Waals surface area contributed by atoms with Crippen LogP contribution < -0.4 is 11.1 Å². The molecule has 1 aliphatic rings. The summed E-state index contributed by atoms with van der Waals surface area (Å²) < 4.78 is 16.2. The van der Waals surface area contributed by atoms with Crippen molar-refractivity contribution in [3.05, 3.63) is 48.5 Å². The van der Waals surface area contributed by atoms with E-state index in [0.29, 0.717) is 36.7 Å². The Morgan fingerprint density at radius 3 is 2.96 bits per heavy atom. The number of nitrogens with one attached hydrogen (secondary N) is 2. The summed E-state index contributed by atoms with van der Waals surface area (Å²) in [5.41, 5.74) is 10.2. The third-order valence-corrected chi connectivity index (χ3v) is 5.13. The lowest BCUT2D eigenvalue weighted by atomic mass is 9.95. The number of hydrogen-bond donors (Lipinski definition) is 3. The quantitative estimate of drug-likeness (QED) is 0.519. The number of aromatic amines is 1. The zero-order valence-electron chi connectivity index (χ0n) is 14.1. The van der Waals surface area contributed by atoms with Crippen LogP contribution in [0.2, 0.25) is 0 Å². The Labute approximate surface area is 149 Å². The van der Waals surface area contributed by atoms with Crippen LogP contribution in [0.4, 0.5) is 10.2 Å². The maximum atomic E-state index is 14.3. The van der Waals surface area contributed by atoms with E-state index in [1.54, 1.807) is 0 Å². The van der Waals surface area contributed by atoms with Crippen LogP contribution in [0.25, 0.3) is 27.8 Å². The topological polar surface area (TPSA) is 84.0 Å². The number of aromatic nitrogens is 4. The number of fused-ring (bicyclic) bond motifs is 2. The molecule has 0 unspecified atom stereocenters. The Kier molecular flexibility index (Phi) is 3.43. The zero-order chi connectivity index (χ0) is 17.7. The van der Waals surface area contributed by atoms with Gasteiger partial charge in [-0.05, 0) is 19.0 Å². The molecule has 0 aliphatic carbocycles. The summed E-state index contributed by atoms with van der Waals surface area (Å²) in [6.45, 7) is 1.30. The average Bonchev–Trinajstić information content (AvgIpc) is 3.26. The number of nitrogens with zero attached hydrogens (tertiary/aromatic N) is 3. The van der Waals surface area contributed by atoms with Crippen LogP contribution >= 0.6 is 0 Å². The van der Waals surface area contributed by atoms with Crippen molar-refractivity contribution in [1.29, 1.82) is 0 Å². The monoisotopic (exact) mass is 350 g/mol. The van der Waals surface area contributed by atoms with E-state index in [-0.39, 0.29) is 5.92 Å². The molecule has 132 valence electrons. The van der Waals surface area contributed by atoms with Gasteiger partial charge in [-0.15, -0.1) is 0 Å². The summed E-state index contributed by atoms with van der Waals surface area (Å²) in [5.74, 6) is 0.0952. The van der Waals surface area contributed by atoms with Crippen molar-refractivity contribution in [2.75, 3.05) is 18.8 Å². The molecule has 0 amide bonds. The van der Waals surface area contributed by atoms with Gasteiger partial charge in [-0.2, -0.15) is 0 Å². The summed E-state index contributed by atoms with van der Waals surface area (Å²) in [6.07, 6.45) is 5.33. The predicted octanol–water partition coefficient (Wildman–Crippen LogP) is 2.87. The number of benzene rings is 1. The molecule has 4 N–H and O–H groups in total. The van der Waals surface area contributed by atoms with Gasteiger partial charge in [-0.1, -0.05) is 18.2 Å². The van der Waals surface area contributed by atoms with E-state index in [0.717, 1.165) is 22.2 Å². The summed E-state index contributed by atoms with van der Waals surface area (Å²) in [5, 5.41) is 4.32. The third kappa shape index (κ3) is 2.35. The van der Waals surface area contributed by atoms with Gasteiger partial charge < -0.3 is 20.4 Å².